The first-order chi connectivity index (χ1) is 10.9. The number of nitrogens with one attached hydrogen (secondary N) is 1. The lowest BCUT2D eigenvalue weighted by Gasteiger charge is -2.32. The Morgan fingerprint density at radius 2 is 2.23 bits per heavy atom. The van der Waals surface area contributed by atoms with Crippen LogP contribution in [0.4, 0.5) is 0 Å². The number of piperidine rings is 1. The minimum Gasteiger partial charge on any atom is -0.385 e. The summed E-state index contributed by atoms with van der Waals surface area (Å²) >= 11 is 0. The molecular weight excluding hydrogens is 274 g/mol. The number of ether oxygens (including phenoxy) is 2. The second kappa shape index (κ2) is 9.78. The SMILES string of the molecule is C=CCc1ccccc1C(OCCCOC)C1CCCNC1. The van der Waals surface area contributed by atoms with Crippen LogP contribution in [0.2, 0.25) is 0 Å². The molecule has 0 bridgehead atoms. The van der Waals surface area contributed by atoms with Crippen molar-refractivity contribution >= 4 is 0 Å². The van der Waals surface area contributed by atoms with Gasteiger partial charge in [-0.15, -0.1) is 6.58 Å². The molecule has 0 radical (unpaired) electrons. The van der Waals surface area contributed by atoms with Crippen LogP contribution in [0.3, 0.4) is 0 Å². The Morgan fingerprint density at radius 1 is 1.36 bits per heavy atom. The maximum Gasteiger partial charge on any atom is 0.0867 e. The second-order valence-electron chi connectivity index (χ2n) is 5.94. The molecule has 0 amide bonds. The van der Waals surface area contributed by atoms with Crippen molar-refractivity contribution in [3.05, 3.63) is 48.0 Å². The molecule has 2 atom stereocenters. The van der Waals surface area contributed by atoms with E-state index >= 15 is 0 Å². The molecule has 1 saturated heterocycles. The molecule has 0 aliphatic carbocycles. The van der Waals surface area contributed by atoms with E-state index in [0.717, 1.165) is 39.1 Å². The van der Waals surface area contributed by atoms with E-state index in [1.165, 1.54) is 24.0 Å². The first kappa shape index (κ1) is 17.2. The third-order valence-corrected chi connectivity index (χ3v) is 4.28. The minimum absolute atomic E-state index is 0.167. The third kappa shape index (κ3) is 4.94. The molecule has 22 heavy (non-hydrogen) atoms. The zero-order valence-electron chi connectivity index (χ0n) is 13.7. The van der Waals surface area contributed by atoms with Crippen molar-refractivity contribution in [3.63, 3.8) is 0 Å². The van der Waals surface area contributed by atoms with Crippen LogP contribution in [0, 0.1) is 5.92 Å². The normalized spacial score (nSPS) is 19.8. The summed E-state index contributed by atoms with van der Waals surface area (Å²) in [4.78, 5) is 0. The monoisotopic (exact) mass is 303 g/mol. The number of benzene rings is 1. The summed E-state index contributed by atoms with van der Waals surface area (Å²) in [6.07, 6.45) is 6.43. The lowest BCUT2D eigenvalue weighted by atomic mass is 9.86. The lowest BCUT2D eigenvalue weighted by molar-refractivity contribution is -0.00544. The molecule has 1 N–H and O–H groups in total. The van der Waals surface area contributed by atoms with Crippen molar-refractivity contribution in [2.24, 2.45) is 5.92 Å². The van der Waals surface area contributed by atoms with E-state index in [4.69, 9.17) is 9.47 Å². The molecule has 1 aliphatic heterocycles. The van der Waals surface area contributed by atoms with Gasteiger partial charge in [-0.3, -0.25) is 0 Å². The van der Waals surface area contributed by atoms with Gasteiger partial charge in [0.05, 0.1) is 6.10 Å². The molecule has 1 aromatic carbocycles. The molecule has 2 unspecified atom stereocenters. The highest BCUT2D eigenvalue weighted by Gasteiger charge is 2.27. The molecule has 2 rings (SSSR count). The quantitative estimate of drug-likeness (QED) is 0.559. The first-order valence-electron chi connectivity index (χ1n) is 8.36. The van der Waals surface area contributed by atoms with E-state index in [1.54, 1.807) is 7.11 Å². The van der Waals surface area contributed by atoms with Gasteiger partial charge < -0.3 is 14.8 Å². The molecule has 122 valence electrons. The lowest BCUT2D eigenvalue weighted by Crippen LogP contribution is -2.34. The summed E-state index contributed by atoms with van der Waals surface area (Å²) in [5, 5.41) is 3.51. The van der Waals surface area contributed by atoms with Gasteiger partial charge >= 0.3 is 0 Å². The topological polar surface area (TPSA) is 30.5 Å². The van der Waals surface area contributed by atoms with Crippen molar-refractivity contribution in [2.75, 3.05) is 33.4 Å². The molecule has 0 spiro atoms. The van der Waals surface area contributed by atoms with E-state index in [0.29, 0.717) is 5.92 Å². The number of rotatable bonds is 9. The summed E-state index contributed by atoms with van der Waals surface area (Å²) in [7, 11) is 1.74. The minimum atomic E-state index is 0.167. The van der Waals surface area contributed by atoms with Crippen LogP contribution in [-0.2, 0) is 15.9 Å². The molecule has 0 aromatic heterocycles. The zero-order valence-corrected chi connectivity index (χ0v) is 13.7. The Labute approximate surface area is 134 Å². The molecule has 1 aliphatic rings. The molecule has 3 heteroatoms. The van der Waals surface area contributed by atoms with Crippen molar-refractivity contribution in [1.29, 1.82) is 0 Å². The molecule has 1 fully saturated rings. The maximum absolute atomic E-state index is 6.30. The Bertz CT molecular complexity index is 441. The van der Waals surface area contributed by atoms with Gasteiger partial charge in [0.15, 0.2) is 0 Å². The van der Waals surface area contributed by atoms with Gasteiger partial charge in [-0.1, -0.05) is 30.3 Å². The second-order valence-corrected chi connectivity index (χ2v) is 5.94. The van der Waals surface area contributed by atoms with Crippen LogP contribution in [0.15, 0.2) is 36.9 Å². The van der Waals surface area contributed by atoms with Gasteiger partial charge in [0, 0.05) is 32.8 Å². The number of allylic oxidation sites excluding steroid dienone is 1. The van der Waals surface area contributed by atoms with Gasteiger partial charge in [0.25, 0.3) is 0 Å². The molecular formula is C19H29NO2. The summed E-state index contributed by atoms with van der Waals surface area (Å²) in [6.45, 7) is 7.55. The van der Waals surface area contributed by atoms with E-state index in [1.807, 2.05) is 6.08 Å². The summed E-state index contributed by atoms with van der Waals surface area (Å²) in [6, 6.07) is 8.63. The standard InChI is InChI=1S/C19H29NO2/c1-3-8-16-9-4-5-11-18(16)19(22-14-7-13-21-2)17-10-6-12-20-15-17/h3-5,9,11,17,19-20H,1,6-8,10,12-15H2,2H3. The maximum atomic E-state index is 6.30. The largest absolute Gasteiger partial charge is 0.385 e. The third-order valence-electron chi connectivity index (χ3n) is 4.28. The Hall–Kier alpha value is -1.16. The van der Waals surface area contributed by atoms with Crippen LogP contribution in [-0.4, -0.2) is 33.4 Å². The van der Waals surface area contributed by atoms with Crippen molar-refractivity contribution in [3.8, 4) is 0 Å². The number of hydrogen-bond acceptors (Lipinski definition) is 3. The van der Waals surface area contributed by atoms with Gasteiger partial charge in [-0.2, -0.15) is 0 Å². The first-order valence-corrected chi connectivity index (χ1v) is 8.36. The Morgan fingerprint density at radius 3 is 2.95 bits per heavy atom. The Kier molecular flexibility index (Phi) is 7.64. The van der Waals surface area contributed by atoms with E-state index in [9.17, 15) is 0 Å². The van der Waals surface area contributed by atoms with Gasteiger partial charge in [-0.05, 0) is 43.4 Å². The van der Waals surface area contributed by atoms with Crippen molar-refractivity contribution in [1.82, 2.24) is 5.32 Å². The fraction of sp³-hybridized carbons (Fsp3) is 0.579. The van der Waals surface area contributed by atoms with Crippen molar-refractivity contribution < 1.29 is 9.47 Å². The molecule has 1 heterocycles. The molecule has 3 nitrogen and oxygen atoms in total. The van der Waals surface area contributed by atoms with E-state index in [-0.39, 0.29) is 6.10 Å². The van der Waals surface area contributed by atoms with Gasteiger partial charge in [0.2, 0.25) is 0 Å². The summed E-state index contributed by atoms with van der Waals surface area (Å²) in [5.41, 5.74) is 2.66. The van der Waals surface area contributed by atoms with Crippen LogP contribution >= 0.6 is 0 Å². The number of hydrogen-bond donors (Lipinski definition) is 1. The fourth-order valence-electron chi connectivity index (χ4n) is 3.18. The van der Waals surface area contributed by atoms with Crippen molar-refractivity contribution in [2.45, 2.75) is 31.8 Å². The highest BCUT2D eigenvalue weighted by molar-refractivity contribution is 5.31. The number of methoxy groups -OCH3 is 1. The average Bonchev–Trinajstić information content (AvgIpc) is 2.57. The average molecular weight is 303 g/mol. The summed E-state index contributed by atoms with van der Waals surface area (Å²) < 4.78 is 11.4. The Balaban J connectivity index is 2.13. The van der Waals surface area contributed by atoms with Gasteiger partial charge in [0.1, 0.15) is 0 Å². The van der Waals surface area contributed by atoms with Gasteiger partial charge in [-0.25, -0.2) is 0 Å². The summed E-state index contributed by atoms with van der Waals surface area (Å²) in [5.74, 6) is 0.544. The zero-order chi connectivity index (χ0) is 15.6. The molecule has 0 saturated carbocycles. The predicted molar refractivity (Wildman–Crippen MR) is 91.1 cm³/mol. The highest BCUT2D eigenvalue weighted by atomic mass is 16.5. The van der Waals surface area contributed by atoms with E-state index in [2.05, 4.69) is 36.2 Å². The van der Waals surface area contributed by atoms with Crippen LogP contribution in [0.5, 0.6) is 0 Å². The van der Waals surface area contributed by atoms with Crippen LogP contribution in [0.1, 0.15) is 36.5 Å². The van der Waals surface area contributed by atoms with Crippen LogP contribution in [0.25, 0.3) is 0 Å². The predicted octanol–water partition coefficient (Wildman–Crippen LogP) is 3.51. The highest BCUT2D eigenvalue weighted by Crippen LogP contribution is 2.33. The van der Waals surface area contributed by atoms with Crippen LogP contribution < -0.4 is 5.32 Å². The molecule has 1 aromatic rings. The smallest absolute Gasteiger partial charge is 0.0867 e. The van der Waals surface area contributed by atoms with E-state index < -0.39 is 0 Å². The fourth-order valence-corrected chi connectivity index (χ4v) is 3.18.